The van der Waals surface area contributed by atoms with E-state index in [1.807, 2.05) is 0 Å². The molecule has 0 saturated heterocycles. The summed E-state index contributed by atoms with van der Waals surface area (Å²) in [5, 5.41) is 35.6. The first-order chi connectivity index (χ1) is 5.57. The zero-order valence-corrected chi connectivity index (χ0v) is 7.35. The maximum Gasteiger partial charge on any atom is 0.0797 e. The fraction of sp³-hybridized carbons (Fsp3) is 1.00. The van der Waals surface area contributed by atoms with Crippen molar-refractivity contribution in [1.29, 1.82) is 0 Å². The van der Waals surface area contributed by atoms with Crippen molar-refractivity contribution in [3.63, 3.8) is 0 Å². The van der Waals surface area contributed by atoms with Gasteiger partial charge in [0.25, 0.3) is 0 Å². The molecular weight excluding hydrogens is 160 g/mol. The third-order valence-corrected chi connectivity index (χ3v) is 1.81. The van der Waals surface area contributed by atoms with Crippen LogP contribution in [0.4, 0.5) is 0 Å². The maximum absolute atomic E-state index is 9.13. The second-order valence-corrected chi connectivity index (χ2v) is 3.05. The van der Waals surface area contributed by atoms with Gasteiger partial charge in [0.05, 0.1) is 18.3 Å². The Kier molecular flexibility index (Phi) is 6.28. The average molecular weight is 178 g/mol. The molecule has 0 radical (unpaired) electrons. The molecule has 0 fully saturated rings. The molecule has 4 heteroatoms. The van der Waals surface area contributed by atoms with Crippen LogP contribution in [0.25, 0.3) is 0 Å². The van der Waals surface area contributed by atoms with E-state index in [4.69, 9.17) is 20.4 Å². The van der Waals surface area contributed by atoms with Gasteiger partial charge in [-0.3, -0.25) is 0 Å². The van der Waals surface area contributed by atoms with Gasteiger partial charge in [0.2, 0.25) is 0 Å². The molecule has 0 spiro atoms. The lowest BCUT2D eigenvalue weighted by Crippen LogP contribution is -2.24. The van der Waals surface area contributed by atoms with Crippen LogP contribution in [0.5, 0.6) is 0 Å². The van der Waals surface area contributed by atoms with Crippen molar-refractivity contribution >= 4 is 0 Å². The number of aliphatic hydroxyl groups excluding tert-OH is 4. The molecule has 0 saturated carbocycles. The second kappa shape index (κ2) is 6.37. The number of rotatable bonds is 6. The Balaban J connectivity index is 3.40. The van der Waals surface area contributed by atoms with Crippen LogP contribution in [-0.2, 0) is 0 Å². The summed E-state index contributed by atoms with van der Waals surface area (Å²) in [6.45, 7) is 1.45. The molecule has 0 aliphatic heterocycles. The van der Waals surface area contributed by atoms with E-state index in [2.05, 4.69) is 0 Å². The third-order valence-electron chi connectivity index (χ3n) is 1.81. The fourth-order valence-corrected chi connectivity index (χ4v) is 0.898. The van der Waals surface area contributed by atoms with Crippen molar-refractivity contribution in [1.82, 2.24) is 0 Å². The van der Waals surface area contributed by atoms with Crippen LogP contribution in [0.1, 0.15) is 26.2 Å². The van der Waals surface area contributed by atoms with Crippen LogP contribution in [-0.4, -0.2) is 45.3 Å². The van der Waals surface area contributed by atoms with Crippen molar-refractivity contribution in [2.45, 2.75) is 44.5 Å². The van der Waals surface area contributed by atoms with Gasteiger partial charge < -0.3 is 20.4 Å². The molecule has 0 aliphatic rings. The van der Waals surface area contributed by atoms with Crippen molar-refractivity contribution in [3.8, 4) is 0 Å². The fourth-order valence-electron chi connectivity index (χ4n) is 0.898. The molecule has 0 aromatic carbocycles. The van der Waals surface area contributed by atoms with E-state index in [0.717, 1.165) is 0 Å². The number of hydrogen-bond acceptors (Lipinski definition) is 4. The van der Waals surface area contributed by atoms with E-state index in [1.165, 1.54) is 6.92 Å². The first kappa shape index (κ1) is 11.8. The zero-order valence-electron chi connectivity index (χ0n) is 7.35. The second-order valence-electron chi connectivity index (χ2n) is 3.05. The highest BCUT2D eigenvalue weighted by atomic mass is 16.3. The standard InChI is InChI=1S/C8H18O4/c1-6(10)8(12)3-2-7(11)4-5-9/h6-12H,2-5H2,1H3. The molecule has 4 N–H and O–H groups in total. The van der Waals surface area contributed by atoms with E-state index in [0.29, 0.717) is 19.3 Å². The maximum atomic E-state index is 9.13. The lowest BCUT2D eigenvalue weighted by atomic mass is 10.1. The quantitative estimate of drug-likeness (QED) is 0.431. The zero-order chi connectivity index (χ0) is 9.56. The Hall–Kier alpha value is -0.160. The summed E-state index contributed by atoms with van der Waals surface area (Å²) < 4.78 is 0. The SMILES string of the molecule is CC(O)C(O)CCC(O)CCO. The minimum Gasteiger partial charge on any atom is -0.396 e. The first-order valence-corrected chi connectivity index (χ1v) is 4.23. The van der Waals surface area contributed by atoms with Gasteiger partial charge in [-0.05, 0) is 26.2 Å². The smallest absolute Gasteiger partial charge is 0.0797 e. The van der Waals surface area contributed by atoms with Gasteiger partial charge in [-0.25, -0.2) is 0 Å². The molecule has 0 bridgehead atoms. The monoisotopic (exact) mass is 178 g/mol. The highest BCUT2D eigenvalue weighted by molar-refractivity contribution is 4.65. The molecule has 4 nitrogen and oxygen atoms in total. The Morgan fingerprint density at radius 3 is 2.00 bits per heavy atom. The van der Waals surface area contributed by atoms with Gasteiger partial charge in [0, 0.05) is 6.61 Å². The summed E-state index contributed by atoms with van der Waals surface area (Å²) in [7, 11) is 0. The molecule has 12 heavy (non-hydrogen) atoms. The van der Waals surface area contributed by atoms with Crippen molar-refractivity contribution in [2.24, 2.45) is 0 Å². The summed E-state index contributed by atoms with van der Waals surface area (Å²) >= 11 is 0. The topological polar surface area (TPSA) is 80.9 Å². The van der Waals surface area contributed by atoms with Crippen molar-refractivity contribution in [3.05, 3.63) is 0 Å². The van der Waals surface area contributed by atoms with Gasteiger partial charge in [0.15, 0.2) is 0 Å². The normalized spacial score (nSPS) is 18.8. The Morgan fingerprint density at radius 1 is 1.00 bits per heavy atom. The summed E-state index contributed by atoms with van der Waals surface area (Å²) in [5.41, 5.74) is 0. The first-order valence-electron chi connectivity index (χ1n) is 4.23. The third kappa shape index (κ3) is 5.49. The van der Waals surface area contributed by atoms with Gasteiger partial charge in [-0.15, -0.1) is 0 Å². The van der Waals surface area contributed by atoms with E-state index >= 15 is 0 Å². The number of aliphatic hydroxyl groups is 4. The Labute approximate surface area is 72.5 Å². The lowest BCUT2D eigenvalue weighted by molar-refractivity contribution is 0.0140. The van der Waals surface area contributed by atoms with E-state index in [1.54, 1.807) is 0 Å². The van der Waals surface area contributed by atoms with Crippen LogP contribution < -0.4 is 0 Å². The molecule has 3 unspecified atom stereocenters. The molecule has 74 valence electrons. The van der Waals surface area contributed by atoms with Gasteiger partial charge in [-0.1, -0.05) is 0 Å². The van der Waals surface area contributed by atoms with E-state index in [9.17, 15) is 0 Å². The summed E-state index contributed by atoms with van der Waals surface area (Å²) in [4.78, 5) is 0. The molecule has 3 atom stereocenters. The van der Waals surface area contributed by atoms with Crippen LogP contribution in [0.15, 0.2) is 0 Å². The van der Waals surface area contributed by atoms with Crippen LogP contribution >= 0.6 is 0 Å². The van der Waals surface area contributed by atoms with Crippen LogP contribution in [0, 0.1) is 0 Å². The molecule has 0 aliphatic carbocycles. The van der Waals surface area contributed by atoms with Crippen LogP contribution in [0.3, 0.4) is 0 Å². The lowest BCUT2D eigenvalue weighted by Gasteiger charge is -2.15. The Bertz CT molecular complexity index is 105. The molecule has 0 aromatic rings. The van der Waals surface area contributed by atoms with Gasteiger partial charge in [0.1, 0.15) is 0 Å². The molecule has 0 amide bonds. The molecular formula is C8H18O4. The van der Waals surface area contributed by atoms with E-state index in [-0.39, 0.29) is 6.61 Å². The van der Waals surface area contributed by atoms with E-state index < -0.39 is 18.3 Å². The number of hydrogen-bond donors (Lipinski definition) is 4. The van der Waals surface area contributed by atoms with Crippen molar-refractivity contribution in [2.75, 3.05) is 6.61 Å². The van der Waals surface area contributed by atoms with Gasteiger partial charge in [-0.2, -0.15) is 0 Å². The summed E-state index contributed by atoms with van der Waals surface area (Å²) in [5.74, 6) is 0. The summed E-state index contributed by atoms with van der Waals surface area (Å²) in [6.07, 6.45) is -1.02. The molecule has 0 heterocycles. The highest BCUT2D eigenvalue weighted by Gasteiger charge is 2.12. The van der Waals surface area contributed by atoms with Gasteiger partial charge >= 0.3 is 0 Å². The molecule has 0 aromatic heterocycles. The minimum absolute atomic E-state index is 0.0497. The largest absolute Gasteiger partial charge is 0.396 e. The Morgan fingerprint density at radius 2 is 1.58 bits per heavy atom. The summed E-state index contributed by atoms with van der Waals surface area (Å²) in [6, 6.07) is 0. The minimum atomic E-state index is -0.779. The highest BCUT2D eigenvalue weighted by Crippen LogP contribution is 2.07. The van der Waals surface area contributed by atoms with Crippen molar-refractivity contribution < 1.29 is 20.4 Å². The predicted molar refractivity (Wildman–Crippen MR) is 44.6 cm³/mol. The molecule has 0 rings (SSSR count). The predicted octanol–water partition coefficient (Wildman–Crippen LogP) is -0.748. The average Bonchev–Trinajstić information content (AvgIpc) is 2.00. The van der Waals surface area contributed by atoms with Crippen LogP contribution in [0.2, 0.25) is 0 Å².